The van der Waals surface area contributed by atoms with Gasteiger partial charge >= 0.3 is 11.9 Å². The molecule has 2 aromatic rings. The highest BCUT2D eigenvalue weighted by Crippen LogP contribution is 2.45. The van der Waals surface area contributed by atoms with Gasteiger partial charge < -0.3 is 9.47 Å². The topological polar surface area (TPSA) is 52.6 Å². The van der Waals surface area contributed by atoms with Gasteiger partial charge in [0.15, 0.2) is 0 Å². The molecular weight excluding hydrogens is 375 g/mol. The van der Waals surface area contributed by atoms with Gasteiger partial charge in [-0.2, -0.15) is 0 Å². The maximum absolute atomic E-state index is 12.7. The molecule has 0 saturated carbocycles. The van der Waals surface area contributed by atoms with Crippen molar-refractivity contribution in [3.05, 3.63) is 77.9 Å². The average Bonchev–Trinajstić information content (AvgIpc) is 2.71. The Morgan fingerprint density at radius 1 is 0.923 bits per heavy atom. The number of esters is 2. The molecule has 136 valence electrons. The quantitative estimate of drug-likeness (QED) is 0.410. The van der Waals surface area contributed by atoms with Crippen LogP contribution < -0.4 is 0 Å². The number of carbonyl (C=O) groups excluding carboxylic acids is 2. The van der Waals surface area contributed by atoms with Crippen molar-refractivity contribution >= 4 is 40.2 Å². The van der Waals surface area contributed by atoms with E-state index in [1.165, 1.54) is 20.3 Å². The lowest BCUT2D eigenvalue weighted by Gasteiger charge is -2.30. The van der Waals surface area contributed by atoms with Crippen LogP contribution in [0.4, 0.5) is 0 Å². The molecule has 26 heavy (non-hydrogen) atoms. The number of hydrogen-bond donors (Lipinski definition) is 0. The minimum Gasteiger partial charge on any atom is -0.468 e. The number of benzene rings is 2. The third-order valence-electron chi connectivity index (χ3n) is 3.94. The van der Waals surface area contributed by atoms with Gasteiger partial charge in [-0.25, -0.2) is 0 Å². The summed E-state index contributed by atoms with van der Waals surface area (Å²) in [6.07, 6.45) is 1.30. The summed E-state index contributed by atoms with van der Waals surface area (Å²) in [6.45, 7) is 0. The van der Waals surface area contributed by atoms with Crippen molar-refractivity contribution in [1.82, 2.24) is 0 Å². The maximum Gasteiger partial charge on any atom is 0.329 e. The fourth-order valence-electron chi connectivity index (χ4n) is 2.58. The van der Waals surface area contributed by atoms with Crippen LogP contribution in [0.1, 0.15) is 16.5 Å². The molecule has 0 N–H and O–H groups in total. The highest BCUT2D eigenvalue weighted by molar-refractivity contribution is 6.49. The van der Waals surface area contributed by atoms with Crippen LogP contribution in [-0.2, 0) is 19.1 Å². The van der Waals surface area contributed by atoms with Crippen molar-refractivity contribution in [3.8, 4) is 0 Å². The molecule has 4 nitrogen and oxygen atoms in total. The molecule has 0 spiro atoms. The first-order valence-corrected chi connectivity index (χ1v) is 8.58. The third-order valence-corrected chi connectivity index (χ3v) is 4.87. The van der Waals surface area contributed by atoms with E-state index in [2.05, 4.69) is 0 Å². The molecule has 1 atom stereocenters. The summed E-state index contributed by atoms with van der Waals surface area (Å²) in [5, 5.41) is -0.899. The molecule has 0 heterocycles. The van der Waals surface area contributed by atoms with Crippen LogP contribution >= 0.6 is 23.2 Å². The SMILES string of the molecule is COC(=O)C(/C=C(\Cl)c1ccccc1)(C(=O)OC)C(Cl)c1ccccc1. The summed E-state index contributed by atoms with van der Waals surface area (Å²) in [6, 6.07) is 17.7. The van der Waals surface area contributed by atoms with Gasteiger partial charge in [0.05, 0.1) is 19.6 Å². The van der Waals surface area contributed by atoms with Crippen LogP contribution in [0, 0.1) is 5.41 Å². The molecule has 0 bridgehead atoms. The molecule has 0 amide bonds. The number of halogens is 2. The molecular formula is C20H18Cl2O4. The van der Waals surface area contributed by atoms with Crippen molar-refractivity contribution in [3.63, 3.8) is 0 Å². The predicted molar refractivity (Wildman–Crippen MR) is 102 cm³/mol. The van der Waals surface area contributed by atoms with Gasteiger partial charge in [-0.15, -0.1) is 11.6 Å². The van der Waals surface area contributed by atoms with Crippen molar-refractivity contribution in [1.29, 1.82) is 0 Å². The Morgan fingerprint density at radius 2 is 1.38 bits per heavy atom. The molecule has 0 aliphatic rings. The third kappa shape index (κ3) is 3.92. The van der Waals surface area contributed by atoms with Crippen LogP contribution in [0.5, 0.6) is 0 Å². The molecule has 0 aliphatic carbocycles. The summed E-state index contributed by atoms with van der Waals surface area (Å²) < 4.78 is 9.78. The molecule has 2 rings (SSSR count). The average molecular weight is 393 g/mol. The predicted octanol–water partition coefficient (Wildman–Crippen LogP) is 4.58. The summed E-state index contributed by atoms with van der Waals surface area (Å²) >= 11 is 13.0. The van der Waals surface area contributed by atoms with Crippen molar-refractivity contribution in [2.45, 2.75) is 5.38 Å². The molecule has 1 unspecified atom stereocenters. The first kappa shape index (κ1) is 20.0. The fraction of sp³-hybridized carbons (Fsp3) is 0.200. The second kappa shape index (κ2) is 8.88. The van der Waals surface area contributed by atoms with Crippen LogP contribution in [0.25, 0.3) is 5.03 Å². The molecule has 0 saturated heterocycles. The van der Waals surface area contributed by atoms with Gasteiger partial charge in [0, 0.05) is 5.03 Å². The van der Waals surface area contributed by atoms with Gasteiger partial charge in [0.2, 0.25) is 5.41 Å². The molecule has 0 radical (unpaired) electrons. The van der Waals surface area contributed by atoms with Crippen molar-refractivity contribution < 1.29 is 19.1 Å². The van der Waals surface area contributed by atoms with E-state index in [4.69, 9.17) is 32.7 Å². The Hall–Kier alpha value is -2.30. The summed E-state index contributed by atoms with van der Waals surface area (Å²) in [4.78, 5) is 25.4. The minimum atomic E-state index is -1.95. The molecule has 0 aromatic heterocycles. The van der Waals surface area contributed by atoms with Crippen molar-refractivity contribution in [2.24, 2.45) is 5.41 Å². The summed E-state index contributed by atoms with van der Waals surface area (Å²) in [7, 11) is 2.36. The highest BCUT2D eigenvalue weighted by Gasteiger charge is 2.53. The zero-order valence-electron chi connectivity index (χ0n) is 14.3. The number of alkyl halides is 1. The van der Waals surface area contributed by atoms with Gasteiger partial charge in [-0.3, -0.25) is 9.59 Å². The molecule has 0 fully saturated rings. The van der Waals surface area contributed by atoms with E-state index in [0.29, 0.717) is 11.1 Å². The van der Waals surface area contributed by atoms with E-state index in [0.717, 1.165) is 0 Å². The lowest BCUT2D eigenvalue weighted by Crippen LogP contribution is -2.43. The second-order valence-electron chi connectivity index (χ2n) is 5.48. The lowest BCUT2D eigenvalue weighted by atomic mass is 9.80. The largest absolute Gasteiger partial charge is 0.468 e. The van der Waals surface area contributed by atoms with E-state index >= 15 is 0 Å². The Labute approximate surface area is 162 Å². The normalized spacial score (nSPS) is 13.0. The summed E-state index contributed by atoms with van der Waals surface area (Å²) in [5.41, 5.74) is -0.763. The Balaban J connectivity index is 2.67. The number of rotatable bonds is 6. The number of hydrogen-bond acceptors (Lipinski definition) is 4. The summed E-state index contributed by atoms with van der Waals surface area (Å²) in [5.74, 6) is -1.72. The van der Waals surface area contributed by atoms with Gasteiger partial charge in [0.1, 0.15) is 0 Å². The highest BCUT2D eigenvalue weighted by atomic mass is 35.5. The first-order chi connectivity index (χ1) is 12.5. The lowest BCUT2D eigenvalue weighted by molar-refractivity contribution is -0.165. The second-order valence-corrected chi connectivity index (χ2v) is 6.33. The number of methoxy groups -OCH3 is 2. The minimum absolute atomic E-state index is 0.183. The standard InChI is InChI=1S/C20H18Cl2O4/c1-25-18(23)20(19(24)26-2,17(22)15-11-7-4-8-12-15)13-16(21)14-9-5-3-6-10-14/h3-13,17H,1-2H3/b16-13-. The van der Waals surface area contributed by atoms with Gasteiger partial charge in [0.25, 0.3) is 0 Å². The van der Waals surface area contributed by atoms with Gasteiger partial charge in [-0.1, -0.05) is 72.3 Å². The Morgan fingerprint density at radius 3 is 1.85 bits per heavy atom. The van der Waals surface area contributed by atoms with E-state index < -0.39 is 22.7 Å². The zero-order chi connectivity index (χ0) is 19.2. The fourth-order valence-corrected chi connectivity index (χ4v) is 3.27. The zero-order valence-corrected chi connectivity index (χ0v) is 15.8. The van der Waals surface area contributed by atoms with E-state index in [-0.39, 0.29) is 5.03 Å². The molecule has 6 heteroatoms. The van der Waals surface area contributed by atoms with E-state index in [9.17, 15) is 9.59 Å². The Bertz CT molecular complexity index is 772. The first-order valence-electron chi connectivity index (χ1n) is 7.77. The molecule has 0 aliphatic heterocycles. The number of ether oxygens (including phenoxy) is 2. The monoisotopic (exact) mass is 392 g/mol. The number of carbonyl (C=O) groups is 2. The van der Waals surface area contributed by atoms with Gasteiger partial charge in [-0.05, 0) is 17.2 Å². The van der Waals surface area contributed by atoms with E-state index in [1.54, 1.807) is 54.6 Å². The van der Waals surface area contributed by atoms with Crippen molar-refractivity contribution in [2.75, 3.05) is 14.2 Å². The Kier molecular flexibility index (Phi) is 6.83. The van der Waals surface area contributed by atoms with Crippen LogP contribution in [0.2, 0.25) is 0 Å². The van der Waals surface area contributed by atoms with Crippen LogP contribution in [0.3, 0.4) is 0 Å². The van der Waals surface area contributed by atoms with E-state index in [1.807, 2.05) is 6.07 Å². The van der Waals surface area contributed by atoms with Crippen LogP contribution in [0.15, 0.2) is 66.7 Å². The molecule has 2 aromatic carbocycles. The maximum atomic E-state index is 12.7. The smallest absolute Gasteiger partial charge is 0.329 e. The van der Waals surface area contributed by atoms with Crippen LogP contribution in [-0.4, -0.2) is 26.2 Å².